The van der Waals surface area contributed by atoms with Gasteiger partial charge in [0.1, 0.15) is 6.10 Å². The predicted octanol–water partition coefficient (Wildman–Crippen LogP) is 2.15. The zero-order chi connectivity index (χ0) is 18.1. The van der Waals surface area contributed by atoms with Crippen LogP contribution >= 0.6 is 0 Å². The zero-order valence-electron chi connectivity index (χ0n) is 15.7. The Hall–Kier alpha value is -1.82. The lowest BCUT2D eigenvalue weighted by atomic mass is 10.1. The summed E-state index contributed by atoms with van der Waals surface area (Å²) in [6.45, 7) is 11.3. The van der Waals surface area contributed by atoms with Crippen molar-refractivity contribution in [2.24, 2.45) is 0 Å². The van der Waals surface area contributed by atoms with E-state index < -0.39 is 0 Å². The van der Waals surface area contributed by atoms with E-state index in [4.69, 9.17) is 4.74 Å². The smallest absolute Gasteiger partial charge is 0.255 e. The first-order valence-electron chi connectivity index (χ1n) is 9.28. The fourth-order valence-corrected chi connectivity index (χ4v) is 4.06. The van der Waals surface area contributed by atoms with Crippen LogP contribution in [0.2, 0.25) is 0 Å². The summed E-state index contributed by atoms with van der Waals surface area (Å²) < 4.78 is 7.69. The number of carbonyl (C=O) groups is 2. The molecule has 0 N–H and O–H groups in total. The average Bonchev–Trinajstić information content (AvgIpc) is 3.22. The Kier molecular flexibility index (Phi) is 5.18. The van der Waals surface area contributed by atoms with Gasteiger partial charge in [0.15, 0.2) is 0 Å². The van der Waals surface area contributed by atoms with E-state index >= 15 is 0 Å². The SMILES string of the molecule is Cc1cc(C(=O)N2CCN(C(=O)C3CCCO3)CC2)c(C)n1C(C)C. The Balaban J connectivity index is 1.64. The molecule has 0 radical (unpaired) electrons. The van der Waals surface area contributed by atoms with Gasteiger partial charge < -0.3 is 19.1 Å². The summed E-state index contributed by atoms with van der Waals surface area (Å²) in [5.74, 6) is 0.159. The second kappa shape index (κ2) is 7.20. The maximum Gasteiger partial charge on any atom is 0.255 e. The molecule has 1 aromatic rings. The summed E-state index contributed by atoms with van der Waals surface area (Å²) in [7, 11) is 0. The number of piperazine rings is 1. The number of hydrogen-bond acceptors (Lipinski definition) is 3. The van der Waals surface area contributed by atoms with E-state index in [9.17, 15) is 9.59 Å². The predicted molar refractivity (Wildman–Crippen MR) is 95.7 cm³/mol. The van der Waals surface area contributed by atoms with E-state index in [0.29, 0.717) is 38.8 Å². The third-order valence-corrected chi connectivity index (χ3v) is 5.31. The van der Waals surface area contributed by atoms with Crippen molar-refractivity contribution in [2.45, 2.75) is 52.7 Å². The molecule has 2 fully saturated rings. The third kappa shape index (κ3) is 3.45. The van der Waals surface area contributed by atoms with Gasteiger partial charge in [-0.25, -0.2) is 0 Å². The quantitative estimate of drug-likeness (QED) is 0.842. The first-order valence-corrected chi connectivity index (χ1v) is 9.28. The van der Waals surface area contributed by atoms with Gasteiger partial charge >= 0.3 is 0 Å². The third-order valence-electron chi connectivity index (χ3n) is 5.31. The molecule has 138 valence electrons. The molecule has 0 aromatic carbocycles. The molecule has 2 aliphatic rings. The topological polar surface area (TPSA) is 54.8 Å². The maximum absolute atomic E-state index is 12.9. The Morgan fingerprint density at radius 2 is 1.76 bits per heavy atom. The highest BCUT2D eigenvalue weighted by Crippen LogP contribution is 2.22. The van der Waals surface area contributed by atoms with Crippen molar-refractivity contribution in [1.29, 1.82) is 0 Å². The molecule has 0 bridgehead atoms. The van der Waals surface area contributed by atoms with Crippen LogP contribution in [0.25, 0.3) is 0 Å². The minimum atomic E-state index is -0.271. The van der Waals surface area contributed by atoms with Crippen LogP contribution in [-0.4, -0.2) is 65.1 Å². The van der Waals surface area contributed by atoms with E-state index in [-0.39, 0.29) is 17.9 Å². The van der Waals surface area contributed by atoms with Gasteiger partial charge in [-0.3, -0.25) is 9.59 Å². The molecule has 3 heterocycles. The summed E-state index contributed by atoms with van der Waals surface area (Å²) in [6.07, 6.45) is 1.51. The van der Waals surface area contributed by atoms with Crippen LogP contribution in [0, 0.1) is 13.8 Å². The lowest BCUT2D eigenvalue weighted by molar-refractivity contribution is -0.142. The molecule has 1 aromatic heterocycles. The Bertz CT molecular complexity index is 651. The lowest BCUT2D eigenvalue weighted by Crippen LogP contribution is -2.52. The van der Waals surface area contributed by atoms with Crippen LogP contribution in [0.5, 0.6) is 0 Å². The number of nitrogens with zero attached hydrogens (tertiary/aromatic N) is 3. The summed E-state index contributed by atoms with van der Waals surface area (Å²) >= 11 is 0. The van der Waals surface area contributed by atoms with Gasteiger partial charge in [-0.05, 0) is 46.6 Å². The molecular weight excluding hydrogens is 318 g/mol. The molecule has 6 heteroatoms. The van der Waals surface area contributed by atoms with Crippen molar-refractivity contribution < 1.29 is 14.3 Å². The summed E-state index contributed by atoms with van der Waals surface area (Å²) in [6, 6.07) is 2.32. The van der Waals surface area contributed by atoms with Gasteiger partial charge in [0.05, 0.1) is 5.56 Å². The first-order chi connectivity index (χ1) is 11.9. The summed E-state index contributed by atoms with van der Waals surface area (Å²) in [5.41, 5.74) is 2.92. The monoisotopic (exact) mass is 347 g/mol. The van der Waals surface area contributed by atoms with Crippen LogP contribution in [-0.2, 0) is 9.53 Å². The van der Waals surface area contributed by atoms with Crippen molar-refractivity contribution in [2.75, 3.05) is 32.8 Å². The van der Waals surface area contributed by atoms with E-state index in [1.807, 2.05) is 29.7 Å². The fraction of sp³-hybridized carbons (Fsp3) is 0.684. The molecule has 6 nitrogen and oxygen atoms in total. The van der Waals surface area contributed by atoms with Crippen molar-refractivity contribution >= 4 is 11.8 Å². The number of carbonyl (C=O) groups excluding carboxylic acids is 2. The largest absolute Gasteiger partial charge is 0.368 e. The average molecular weight is 347 g/mol. The highest BCUT2D eigenvalue weighted by atomic mass is 16.5. The molecule has 0 aliphatic carbocycles. The Labute approximate surface area is 149 Å². The van der Waals surface area contributed by atoms with Gasteiger partial charge in [-0.15, -0.1) is 0 Å². The molecule has 1 atom stereocenters. The van der Waals surface area contributed by atoms with E-state index in [0.717, 1.165) is 29.8 Å². The number of hydrogen-bond donors (Lipinski definition) is 0. The molecule has 1 unspecified atom stereocenters. The van der Waals surface area contributed by atoms with Crippen LogP contribution in [0.15, 0.2) is 6.07 Å². The Morgan fingerprint density at radius 3 is 2.28 bits per heavy atom. The van der Waals surface area contributed by atoms with Crippen LogP contribution in [0.1, 0.15) is 54.5 Å². The minimum absolute atomic E-state index is 0.0733. The van der Waals surface area contributed by atoms with Crippen molar-refractivity contribution in [3.05, 3.63) is 23.0 Å². The normalized spacial score (nSPS) is 21.2. The maximum atomic E-state index is 12.9. The number of aryl methyl sites for hydroxylation is 1. The molecule has 2 aliphatic heterocycles. The van der Waals surface area contributed by atoms with Gasteiger partial charge in [0, 0.05) is 50.2 Å². The van der Waals surface area contributed by atoms with Crippen molar-refractivity contribution in [3.63, 3.8) is 0 Å². The van der Waals surface area contributed by atoms with Gasteiger partial charge in [0.25, 0.3) is 11.8 Å². The molecule has 0 saturated carbocycles. The van der Waals surface area contributed by atoms with E-state index in [2.05, 4.69) is 18.4 Å². The van der Waals surface area contributed by atoms with Gasteiger partial charge in [0.2, 0.25) is 0 Å². The van der Waals surface area contributed by atoms with Gasteiger partial charge in [-0.1, -0.05) is 0 Å². The zero-order valence-corrected chi connectivity index (χ0v) is 15.7. The molecule has 3 rings (SSSR count). The molecule has 0 spiro atoms. The Morgan fingerprint density at radius 1 is 1.12 bits per heavy atom. The fourth-order valence-electron chi connectivity index (χ4n) is 4.06. The van der Waals surface area contributed by atoms with E-state index in [1.54, 1.807) is 0 Å². The second-order valence-electron chi connectivity index (χ2n) is 7.37. The minimum Gasteiger partial charge on any atom is -0.368 e. The summed E-state index contributed by atoms with van der Waals surface area (Å²) in [5, 5.41) is 0. The van der Waals surface area contributed by atoms with Crippen molar-refractivity contribution in [1.82, 2.24) is 14.4 Å². The second-order valence-corrected chi connectivity index (χ2v) is 7.37. The van der Waals surface area contributed by atoms with Crippen LogP contribution in [0.3, 0.4) is 0 Å². The standard InChI is InChI=1S/C19H29N3O3/c1-13(2)22-14(3)12-16(15(22)4)18(23)20-7-9-21(10-8-20)19(24)17-6-5-11-25-17/h12-13,17H,5-11H2,1-4H3. The number of amides is 2. The van der Waals surface area contributed by atoms with Gasteiger partial charge in [-0.2, -0.15) is 0 Å². The number of rotatable bonds is 3. The lowest BCUT2D eigenvalue weighted by Gasteiger charge is -2.35. The first kappa shape index (κ1) is 18.0. The highest BCUT2D eigenvalue weighted by Gasteiger charge is 2.32. The number of ether oxygens (including phenoxy) is 1. The van der Waals surface area contributed by atoms with E-state index in [1.165, 1.54) is 0 Å². The molecule has 25 heavy (non-hydrogen) atoms. The highest BCUT2D eigenvalue weighted by molar-refractivity contribution is 5.96. The number of aromatic nitrogens is 1. The summed E-state index contributed by atoms with van der Waals surface area (Å²) in [4.78, 5) is 29.1. The molecule has 2 amide bonds. The molecule has 2 saturated heterocycles. The van der Waals surface area contributed by atoms with Crippen LogP contribution in [0.4, 0.5) is 0 Å². The van der Waals surface area contributed by atoms with Crippen molar-refractivity contribution in [3.8, 4) is 0 Å². The molecular formula is C19H29N3O3. The van der Waals surface area contributed by atoms with Crippen LogP contribution < -0.4 is 0 Å².